The standard InChI is InChI=1S/C25H38N8O8/c1-12-16(23(38)39)9-15(30-12)10-18(24(40)41)31-19(35)4-3-6-29-21(36)17(32-22(37)20(26)13(2)34)8-14-5-7-33(11-14)25(27)28/h5,9,13,17-18,20,30,34H,3-4,6-8,10-11,26H2,1-2H3,(H3,27,28)(H,29,36)(H,31,35)(H,32,37)(H,38,39)(H,40,41). The van der Waals surface area contributed by atoms with Crippen molar-refractivity contribution in [1.29, 1.82) is 5.41 Å². The van der Waals surface area contributed by atoms with E-state index in [1.807, 2.05) is 0 Å². The van der Waals surface area contributed by atoms with Gasteiger partial charge in [0, 0.05) is 43.9 Å². The zero-order valence-corrected chi connectivity index (χ0v) is 22.9. The zero-order chi connectivity index (χ0) is 30.9. The predicted molar refractivity (Wildman–Crippen MR) is 146 cm³/mol. The minimum Gasteiger partial charge on any atom is -0.480 e. The Morgan fingerprint density at radius 3 is 2.34 bits per heavy atom. The molecule has 12 N–H and O–H groups in total. The van der Waals surface area contributed by atoms with Gasteiger partial charge in [0.15, 0.2) is 5.96 Å². The maximum absolute atomic E-state index is 12.9. The molecule has 3 amide bonds. The summed E-state index contributed by atoms with van der Waals surface area (Å²) in [5.74, 6) is -4.45. The molecule has 0 fully saturated rings. The largest absolute Gasteiger partial charge is 0.480 e. The topological polar surface area (TPSA) is 277 Å². The van der Waals surface area contributed by atoms with Crippen LogP contribution < -0.4 is 27.4 Å². The summed E-state index contributed by atoms with van der Waals surface area (Å²) in [5, 5.41) is 43.4. The first kappa shape index (κ1) is 32.8. The van der Waals surface area contributed by atoms with E-state index < -0.39 is 53.9 Å². The second kappa shape index (κ2) is 14.8. The van der Waals surface area contributed by atoms with E-state index in [-0.39, 0.29) is 43.8 Å². The summed E-state index contributed by atoms with van der Waals surface area (Å²) in [4.78, 5) is 64.9. The lowest BCUT2D eigenvalue weighted by molar-refractivity contribution is -0.141. The number of guanidine groups is 1. The number of nitrogens with two attached hydrogens (primary N) is 2. The van der Waals surface area contributed by atoms with Gasteiger partial charge in [0.2, 0.25) is 17.7 Å². The highest BCUT2D eigenvalue weighted by molar-refractivity contribution is 5.90. The van der Waals surface area contributed by atoms with Crippen molar-refractivity contribution in [2.75, 3.05) is 19.6 Å². The summed E-state index contributed by atoms with van der Waals surface area (Å²) in [5.41, 5.74) is 12.7. The number of amides is 3. The first-order valence-corrected chi connectivity index (χ1v) is 12.9. The summed E-state index contributed by atoms with van der Waals surface area (Å²) in [6.07, 6.45) is 0.643. The number of rotatable bonds is 15. The van der Waals surface area contributed by atoms with Crippen LogP contribution in [0.15, 0.2) is 17.7 Å². The van der Waals surface area contributed by atoms with Crippen molar-refractivity contribution in [3.05, 3.63) is 34.7 Å². The summed E-state index contributed by atoms with van der Waals surface area (Å²) in [6.45, 7) is 3.61. The van der Waals surface area contributed by atoms with E-state index in [1.54, 1.807) is 17.9 Å². The fourth-order valence-corrected chi connectivity index (χ4v) is 4.13. The van der Waals surface area contributed by atoms with Crippen molar-refractivity contribution in [2.45, 2.75) is 63.8 Å². The average molecular weight is 579 g/mol. The molecule has 1 aromatic rings. The van der Waals surface area contributed by atoms with Crippen LogP contribution in [0.2, 0.25) is 0 Å². The van der Waals surface area contributed by atoms with Crippen molar-refractivity contribution in [3.63, 3.8) is 0 Å². The first-order valence-electron chi connectivity index (χ1n) is 12.9. The first-order chi connectivity index (χ1) is 19.2. The number of nitrogens with zero attached hydrogens (tertiary/aromatic N) is 1. The molecule has 226 valence electrons. The molecule has 0 saturated heterocycles. The number of hydrogen-bond donors (Lipinski definition) is 10. The molecule has 16 nitrogen and oxygen atoms in total. The molecule has 0 aliphatic carbocycles. The molecule has 41 heavy (non-hydrogen) atoms. The van der Waals surface area contributed by atoms with Crippen LogP contribution in [-0.2, 0) is 25.6 Å². The second-order valence-electron chi connectivity index (χ2n) is 9.86. The number of H-pyrrole nitrogens is 1. The van der Waals surface area contributed by atoms with Crippen molar-refractivity contribution >= 4 is 35.6 Å². The number of aliphatic carboxylic acids is 1. The number of aryl methyl sites for hydroxylation is 1. The lowest BCUT2D eigenvalue weighted by Gasteiger charge is -2.23. The highest BCUT2D eigenvalue weighted by Crippen LogP contribution is 2.15. The number of aromatic nitrogens is 1. The van der Waals surface area contributed by atoms with Crippen LogP contribution in [0.4, 0.5) is 0 Å². The highest BCUT2D eigenvalue weighted by Gasteiger charge is 2.28. The van der Waals surface area contributed by atoms with Gasteiger partial charge in [-0.05, 0) is 32.8 Å². The normalized spacial score (nSPS) is 15.7. The van der Waals surface area contributed by atoms with E-state index in [4.69, 9.17) is 22.0 Å². The molecule has 1 aliphatic heterocycles. The number of aliphatic hydroxyl groups is 1. The van der Waals surface area contributed by atoms with Gasteiger partial charge in [-0.2, -0.15) is 0 Å². The molecule has 0 radical (unpaired) electrons. The van der Waals surface area contributed by atoms with Crippen LogP contribution in [-0.4, -0.2) is 105 Å². The smallest absolute Gasteiger partial charge is 0.337 e. The van der Waals surface area contributed by atoms with Gasteiger partial charge < -0.3 is 52.6 Å². The maximum atomic E-state index is 12.9. The Hall–Kier alpha value is -4.44. The van der Waals surface area contributed by atoms with Crippen LogP contribution >= 0.6 is 0 Å². The summed E-state index contributed by atoms with van der Waals surface area (Å²) in [6, 6.07) is -2.29. The van der Waals surface area contributed by atoms with E-state index in [1.165, 1.54) is 13.0 Å². The van der Waals surface area contributed by atoms with Gasteiger partial charge in [-0.15, -0.1) is 0 Å². The molecule has 2 heterocycles. The zero-order valence-electron chi connectivity index (χ0n) is 22.9. The Morgan fingerprint density at radius 1 is 1.12 bits per heavy atom. The lowest BCUT2D eigenvalue weighted by Crippen LogP contribution is -2.54. The Bertz CT molecular complexity index is 1190. The molecule has 1 aliphatic rings. The molecule has 16 heteroatoms. The molecular formula is C25H38N8O8. The monoisotopic (exact) mass is 578 g/mol. The van der Waals surface area contributed by atoms with Crippen LogP contribution in [0.3, 0.4) is 0 Å². The quantitative estimate of drug-likeness (QED) is 0.0459. The van der Waals surface area contributed by atoms with Crippen LogP contribution in [0.1, 0.15) is 47.9 Å². The number of carboxylic acid groups (broad SMARTS) is 2. The van der Waals surface area contributed by atoms with Crippen LogP contribution in [0, 0.1) is 12.3 Å². The fraction of sp³-hybridized carbons (Fsp3) is 0.520. The third kappa shape index (κ3) is 9.91. The number of aliphatic hydroxyl groups excluding tert-OH is 1. The molecule has 4 unspecified atom stereocenters. The number of hydrogen-bond acceptors (Lipinski definition) is 8. The van der Waals surface area contributed by atoms with Crippen molar-refractivity contribution in [2.24, 2.45) is 11.5 Å². The van der Waals surface area contributed by atoms with Crippen molar-refractivity contribution in [3.8, 4) is 0 Å². The molecule has 0 bridgehead atoms. The van der Waals surface area contributed by atoms with Gasteiger partial charge in [-0.3, -0.25) is 19.8 Å². The average Bonchev–Trinajstić information content (AvgIpc) is 3.51. The van der Waals surface area contributed by atoms with E-state index in [0.717, 1.165) is 5.57 Å². The Morgan fingerprint density at radius 2 is 1.80 bits per heavy atom. The summed E-state index contributed by atoms with van der Waals surface area (Å²) >= 11 is 0. The SMILES string of the molecule is Cc1[nH]c(CC(NC(=O)CCCNC(=O)C(CC2=CCN(C(=N)N)C2)NC(=O)C(N)C(C)O)C(=O)O)cc1C(=O)O. The van der Waals surface area contributed by atoms with Crippen LogP contribution in [0.5, 0.6) is 0 Å². The third-order valence-electron chi connectivity index (χ3n) is 6.49. The summed E-state index contributed by atoms with van der Waals surface area (Å²) < 4.78 is 0. The van der Waals surface area contributed by atoms with E-state index in [0.29, 0.717) is 24.5 Å². The molecule has 0 aromatic carbocycles. The minimum absolute atomic E-state index is 0.00829. The Balaban J connectivity index is 1.90. The number of nitrogens with one attached hydrogen (secondary N) is 5. The molecule has 2 rings (SSSR count). The van der Waals surface area contributed by atoms with Crippen molar-refractivity contribution in [1.82, 2.24) is 25.8 Å². The van der Waals surface area contributed by atoms with Crippen molar-refractivity contribution < 1.29 is 39.3 Å². The lowest BCUT2D eigenvalue weighted by atomic mass is 10.0. The van der Waals surface area contributed by atoms with Gasteiger partial charge in [0.1, 0.15) is 18.1 Å². The second-order valence-corrected chi connectivity index (χ2v) is 9.86. The summed E-state index contributed by atoms with van der Waals surface area (Å²) in [7, 11) is 0. The number of carboxylic acids is 2. The predicted octanol–water partition coefficient (Wildman–Crippen LogP) is -2.25. The van der Waals surface area contributed by atoms with Crippen LogP contribution in [0.25, 0.3) is 0 Å². The number of carbonyl (C=O) groups excluding carboxylic acids is 3. The maximum Gasteiger partial charge on any atom is 0.337 e. The third-order valence-corrected chi connectivity index (χ3v) is 6.49. The molecule has 4 atom stereocenters. The van der Waals surface area contributed by atoms with Gasteiger partial charge in [0.25, 0.3) is 0 Å². The minimum atomic E-state index is -1.30. The molecule has 1 aromatic heterocycles. The fourth-order valence-electron chi connectivity index (χ4n) is 4.13. The van der Waals surface area contributed by atoms with E-state index in [9.17, 15) is 34.2 Å². The van der Waals surface area contributed by atoms with E-state index in [2.05, 4.69) is 20.9 Å². The van der Waals surface area contributed by atoms with Gasteiger partial charge in [-0.25, -0.2) is 9.59 Å². The number of carbonyl (C=O) groups is 5. The molecule has 0 spiro atoms. The van der Waals surface area contributed by atoms with Gasteiger partial charge in [-0.1, -0.05) is 11.6 Å². The molecular weight excluding hydrogens is 540 g/mol. The number of aromatic amines is 1. The van der Waals surface area contributed by atoms with Gasteiger partial charge in [0.05, 0.1) is 11.7 Å². The van der Waals surface area contributed by atoms with E-state index >= 15 is 0 Å². The molecule has 0 saturated carbocycles. The van der Waals surface area contributed by atoms with Gasteiger partial charge >= 0.3 is 11.9 Å². The number of aromatic carboxylic acids is 1. The Kier molecular flexibility index (Phi) is 11.8. The highest BCUT2D eigenvalue weighted by atomic mass is 16.4. The Labute approximate surface area is 236 Å².